The smallest absolute Gasteiger partial charge is 0.160 e. The van der Waals surface area contributed by atoms with Crippen LogP contribution in [0.3, 0.4) is 0 Å². The van der Waals surface area contributed by atoms with E-state index in [9.17, 15) is 0 Å². The van der Waals surface area contributed by atoms with Crippen molar-refractivity contribution in [1.82, 2.24) is 9.97 Å². The van der Waals surface area contributed by atoms with Gasteiger partial charge in [-0.3, -0.25) is 0 Å². The summed E-state index contributed by atoms with van der Waals surface area (Å²) < 4.78 is 6.31. The van der Waals surface area contributed by atoms with E-state index in [2.05, 4.69) is 153 Å². The van der Waals surface area contributed by atoms with E-state index in [0.29, 0.717) is 5.82 Å². The van der Waals surface area contributed by atoms with Crippen molar-refractivity contribution in [3.8, 4) is 67.3 Å². The van der Waals surface area contributed by atoms with Gasteiger partial charge in [-0.25, -0.2) is 9.97 Å². The van der Waals surface area contributed by atoms with Crippen LogP contribution in [0.15, 0.2) is 180 Å². The number of aromatic nitrogens is 2. The van der Waals surface area contributed by atoms with Crippen molar-refractivity contribution in [1.29, 1.82) is 0 Å². The molecule has 0 saturated carbocycles. The zero-order valence-electron chi connectivity index (χ0n) is 28.3. The van der Waals surface area contributed by atoms with E-state index in [1.807, 2.05) is 30.3 Å². The molecule has 9 rings (SSSR count). The lowest BCUT2D eigenvalue weighted by Crippen LogP contribution is -2.03. The quantitative estimate of drug-likeness (QED) is 0.172. The van der Waals surface area contributed by atoms with E-state index in [0.717, 1.165) is 73.1 Å². The van der Waals surface area contributed by atoms with E-state index in [4.69, 9.17) is 14.4 Å². The highest BCUT2D eigenvalue weighted by Crippen LogP contribution is 2.38. The van der Waals surface area contributed by atoms with Gasteiger partial charge in [0.25, 0.3) is 0 Å². The fraction of sp³-hybridized carbons (Fsp3) is 0.0417. The Kier molecular flexibility index (Phi) is 7.79. The summed E-state index contributed by atoms with van der Waals surface area (Å²) in [5.41, 5.74) is 14.9. The van der Waals surface area contributed by atoms with Crippen LogP contribution < -0.4 is 0 Å². The lowest BCUT2D eigenvalue weighted by atomic mass is 9.94. The average molecular weight is 655 g/mol. The molecule has 0 saturated heterocycles. The third-order valence-corrected chi connectivity index (χ3v) is 9.70. The lowest BCUT2D eigenvalue weighted by Gasteiger charge is -2.16. The van der Waals surface area contributed by atoms with Gasteiger partial charge in [0.1, 0.15) is 11.2 Å². The van der Waals surface area contributed by atoms with Gasteiger partial charge in [-0.05, 0) is 70.1 Å². The molecule has 3 nitrogen and oxygen atoms in total. The molecule has 0 N–H and O–H groups in total. The van der Waals surface area contributed by atoms with Gasteiger partial charge in [0.2, 0.25) is 0 Å². The van der Waals surface area contributed by atoms with Gasteiger partial charge in [-0.15, -0.1) is 0 Å². The number of furan rings is 1. The van der Waals surface area contributed by atoms with Gasteiger partial charge in [-0.2, -0.15) is 0 Å². The van der Waals surface area contributed by atoms with Crippen LogP contribution in [0.2, 0.25) is 0 Å². The number of nitrogens with zero attached hydrogens (tertiary/aromatic N) is 2. The van der Waals surface area contributed by atoms with Crippen molar-refractivity contribution < 1.29 is 4.42 Å². The highest BCUT2D eigenvalue weighted by molar-refractivity contribution is 6.06. The molecule has 2 heterocycles. The molecule has 0 atom stereocenters. The second-order valence-corrected chi connectivity index (χ2v) is 12.9. The molecule has 0 fully saturated rings. The summed E-state index contributed by atoms with van der Waals surface area (Å²) in [4.78, 5) is 10.5. The molecule has 51 heavy (non-hydrogen) atoms. The van der Waals surface area contributed by atoms with Crippen LogP contribution in [0.1, 0.15) is 12.5 Å². The first-order valence-electron chi connectivity index (χ1n) is 17.5. The first kappa shape index (κ1) is 30.5. The Morgan fingerprint density at radius 1 is 0.373 bits per heavy atom. The van der Waals surface area contributed by atoms with Crippen LogP contribution in [-0.4, -0.2) is 9.97 Å². The van der Waals surface area contributed by atoms with Gasteiger partial charge < -0.3 is 4.42 Å². The fourth-order valence-corrected chi connectivity index (χ4v) is 7.10. The zero-order chi connectivity index (χ0) is 34.1. The Bertz CT molecular complexity index is 2660. The number of fused-ring (bicyclic) bond motifs is 3. The third-order valence-electron chi connectivity index (χ3n) is 9.70. The van der Waals surface area contributed by atoms with Crippen molar-refractivity contribution in [2.75, 3.05) is 0 Å². The largest absolute Gasteiger partial charge is 0.456 e. The molecule has 0 aliphatic carbocycles. The number of para-hydroxylation sites is 1. The zero-order valence-corrected chi connectivity index (χ0v) is 28.3. The predicted molar refractivity (Wildman–Crippen MR) is 211 cm³/mol. The number of hydrogen-bond donors (Lipinski definition) is 0. The maximum absolute atomic E-state index is 6.31. The molecular weight excluding hydrogens is 621 g/mol. The standard InChI is InChI=1S/C48H34N2O/c1-2-41-46(39-20-12-19-38(30-39)37-18-11-17-36(29-37)34-25-23-33(24-26-34)32-13-5-3-6-14-32)49-48(35-15-7-4-8-16-35)50-47(41)40-27-28-43-42-21-9-10-22-44(42)51-45(43)31-40/h3-31H,2H2,1H3. The lowest BCUT2D eigenvalue weighted by molar-refractivity contribution is 0.669. The minimum atomic E-state index is 0.703. The minimum Gasteiger partial charge on any atom is -0.456 e. The van der Waals surface area contributed by atoms with E-state index >= 15 is 0 Å². The Hall–Kier alpha value is -6.58. The first-order chi connectivity index (χ1) is 25.2. The Morgan fingerprint density at radius 2 is 0.824 bits per heavy atom. The highest BCUT2D eigenvalue weighted by Gasteiger charge is 2.19. The van der Waals surface area contributed by atoms with Gasteiger partial charge >= 0.3 is 0 Å². The normalized spacial score (nSPS) is 11.3. The molecular formula is C48H34N2O. The van der Waals surface area contributed by atoms with E-state index < -0.39 is 0 Å². The molecule has 0 unspecified atom stereocenters. The summed E-state index contributed by atoms with van der Waals surface area (Å²) in [6, 6.07) is 61.8. The summed E-state index contributed by atoms with van der Waals surface area (Å²) in [6.07, 6.45) is 0.774. The van der Waals surface area contributed by atoms with Crippen LogP contribution in [0.5, 0.6) is 0 Å². The van der Waals surface area contributed by atoms with Crippen LogP contribution in [0.25, 0.3) is 89.2 Å². The minimum absolute atomic E-state index is 0.703. The first-order valence-corrected chi connectivity index (χ1v) is 17.5. The number of hydrogen-bond acceptors (Lipinski definition) is 3. The van der Waals surface area contributed by atoms with Crippen molar-refractivity contribution in [3.63, 3.8) is 0 Å². The number of rotatable bonds is 7. The van der Waals surface area contributed by atoms with Crippen LogP contribution in [-0.2, 0) is 6.42 Å². The number of benzene rings is 7. The topological polar surface area (TPSA) is 38.9 Å². The second kappa shape index (κ2) is 13.0. The van der Waals surface area contributed by atoms with Gasteiger partial charge in [0.15, 0.2) is 5.82 Å². The van der Waals surface area contributed by atoms with Gasteiger partial charge in [-0.1, -0.05) is 153 Å². The molecule has 3 heteroatoms. The highest BCUT2D eigenvalue weighted by atomic mass is 16.3. The van der Waals surface area contributed by atoms with Crippen LogP contribution >= 0.6 is 0 Å². The van der Waals surface area contributed by atoms with Crippen molar-refractivity contribution >= 4 is 21.9 Å². The van der Waals surface area contributed by atoms with E-state index in [1.165, 1.54) is 22.3 Å². The van der Waals surface area contributed by atoms with Crippen LogP contribution in [0.4, 0.5) is 0 Å². The van der Waals surface area contributed by atoms with Gasteiger partial charge in [0.05, 0.1) is 11.4 Å². The molecule has 0 aliphatic heterocycles. The van der Waals surface area contributed by atoms with Crippen LogP contribution in [0, 0.1) is 0 Å². The summed E-state index contributed by atoms with van der Waals surface area (Å²) in [6.45, 7) is 2.18. The molecule has 7 aromatic carbocycles. The Balaban J connectivity index is 1.14. The third kappa shape index (κ3) is 5.79. The molecule has 0 aliphatic rings. The van der Waals surface area contributed by atoms with Gasteiger partial charge in [0, 0.05) is 33.0 Å². The van der Waals surface area contributed by atoms with E-state index in [1.54, 1.807) is 0 Å². The molecule has 0 radical (unpaired) electrons. The SMILES string of the molecule is CCc1c(-c2cccc(-c3cccc(-c4ccc(-c5ccccc5)cc4)c3)c2)nc(-c2ccccc2)nc1-c1ccc2c(c1)oc1ccccc12. The van der Waals surface area contributed by atoms with E-state index in [-0.39, 0.29) is 0 Å². The maximum Gasteiger partial charge on any atom is 0.160 e. The monoisotopic (exact) mass is 654 g/mol. The summed E-state index contributed by atoms with van der Waals surface area (Å²) >= 11 is 0. The predicted octanol–water partition coefficient (Wildman–Crippen LogP) is 12.9. The molecule has 0 amide bonds. The van der Waals surface area contributed by atoms with Crippen molar-refractivity contribution in [2.45, 2.75) is 13.3 Å². The Labute approximate surface area is 297 Å². The second-order valence-electron chi connectivity index (χ2n) is 12.9. The average Bonchev–Trinajstić information content (AvgIpc) is 3.59. The maximum atomic E-state index is 6.31. The summed E-state index contributed by atoms with van der Waals surface area (Å²) in [5, 5.41) is 2.22. The molecule has 0 spiro atoms. The van der Waals surface area contributed by atoms with Crippen molar-refractivity contribution in [2.24, 2.45) is 0 Å². The molecule has 0 bridgehead atoms. The summed E-state index contributed by atoms with van der Waals surface area (Å²) in [7, 11) is 0. The fourth-order valence-electron chi connectivity index (χ4n) is 7.10. The molecule has 9 aromatic rings. The molecule has 2 aromatic heterocycles. The Morgan fingerprint density at radius 3 is 1.49 bits per heavy atom. The van der Waals surface area contributed by atoms with Crippen molar-refractivity contribution in [3.05, 3.63) is 181 Å². The summed E-state index contributed by atoms with van der Waals surface area (Å²) in [5.74, 6) is 0.703. The molecule has 242 valence electrons.